The van der Waals surface area contributed by atoms with Gasteiger partial charge in [0.1, 0.15) is 17.2 Å². The fourth-order valence-corrected chi connectivity index (χ4v) is 4.40. The van der Waals surface area contributed by atoms with Crippen molar-refractivity contribution < 1.29 is 4.39 Å². The van der Waals surface area contributed by atoms with Gasteiger partial charge in [-0.25, -0.2) is 14.4 Å². The fourth-order valence-electron chi connectivity index (χ4n) is 3.37. The maximum absolute atomic E-state index is 13.9. The molecule has 1 fully saturated rings. The summed E-state index contributed by atoms with van der Waals surface area (Å²) < 4.78 is 16.6. The highest BCUT2D eigenvalue weighted by Gasteiger charge is 2.22. The minimum Gasteiger partial charge on any atom is -0.352 e. The first-order valence-electron chi connectivity index (χ1n) is 9.03. The van der Waals surface area contributed by atoms with Gasteiger partial charge in [-0.2, -0.15) is 5.10 Å². The second-order valence-corrected chi connectivity index (χ2v) is 7.73. The van der Waals surface area contributed by atoms with Crippen molar-refractivity contribution in [1.29, 1.82) is 0 Å². The van der Waals surface area contributed by atoms with E-state index in [4.69, 9.17) is 4.98 Å². The smallest absolute Gasteiger partial charge is 0.186 e. The molecule has 1 aliphatic rings. The topological polar surface area (TPSA) is 63.0 Å². The molecule has 0 saturated carbocycles. The van der Waals surface area contributed by atoms with E-state index in [2.05, 4.69) is 24.9 Å². The standard InChI is InChI=1S/C19H18FN7S/c1-25-12-13(9-22-25)15-10-21-11-17(23-15)26-5-7-27(8-6-26)19-24-18-14(20)3-2-4-16(18)28-19/h2-4,9-12H,5-8H2,1H3. The summed E-state index contributed by atoms with van der Waals surface area (Å²) in [5, 5.41) is 5.07. The number of rotatable bonds is 3. The number of aromatic nitrogens is 5. The van der Waals surface area contributed by atoms with Crippen LogP contribution in [0.5, 0.6) is 0 Å². The van der Waals surface area contributed by atoms with Crippen LogP contribution in [0.15, 0.2) is 43.0 Å². The van der Waals surface area contributed by atoms with Crippen LogP contribution >= 0.6 is 11.3 Å². The summed E-state index contributed by atoms with van der Waals surface area (Å²) in [7, 11) is 1.88. The molecule has 1 aliphatic heterocycles. The first-order chi connectivity index (χ1) is 13.7. The van der Waals surface area contributed by atoms with E-state index in [1.54, 1.807) is 29.3 Å². The Kier molecular flexibility index (Phi) is 4.16. The largest absolute Gasteiger partial charge is 0.352 e. The molecule has 1 saturated heterocycles. The first-order valence-corrected chi connectivity index (χ1v) is 9.85. The monoisotopic (exact) mass is 395 g/mol. The van der Waals surface area contributed by atoms with Crippen molar-refractivity contribution >= 4 is 32.5 Å². The molecule has 5 rings (SSSR count). The van der Waals surface area contributed by atoms with Gasteiger partial charge in [0.05, 0.1) is 29.0 Å². The van der Waals surface area contributed by atoms with Crippen molar-refractivity contribution in [3.05, 3.63) is 48.8 Å². The normalized spacial score (nSPS) is 14.8. The maximum Gasteiger partial charge on any atom is 0.186 e. The Morgan fingerprint density at radius 3 is 2.57 bits per heavy atom. The molecule has 1 aromatic carbocycles. The minimum absolute atomic E-state index is 0.263. The molecule has 4 aromatic rings. The summed E-state index contributed by atoms with van der Waals surface area (Å²) in [4.78, 5) is 18.0. The average molecular weight is 395 g/mol. The average Bonchev–Trinajstić information content (AvgIpc) is 3.36. The SMILES string of the molecule is Cn1cc(-c2cncc(N3CCN(c4nc5c(F)cccc5s4)CC3)n2)cn1. The molecule has 7 nitrogen and oxygen atoms in total. The third kappa shape index (κ3) is 3.07. The number of hydrogen-bond donors (Lipinski definition) is 0. The molecule has 0 atom stereocenters. The molecule has 3 aromatic heterocycles. The zero-order valence-electron chi connectivity index (χ0n) is 15.3. The van der Waals surface area contributed by atoms with Crippen molar-refractivity contribution in [2.45, 2.75) is 0 Å². The molecule has 4 heterocycles. The number of piperazine rings is 1. The van der Waals surface area contributed by atoms with E-state index in [0.29, 0.717) is 5.52 Å². The van der Waals surface area contributed by atoms with Crippen LogP contribution < -0.4 is 9.80 Å². The van der Waals surface area contributed by atoms with Gasteiger partial charge >= 0.3 is 0 Å². The lowest BCUT2D eigenvalue weighted by Crippen LogP contribution is -2.46. The number of nitrogens with zero attached hydrogens (tertiary/aromatic N) is 7. The van der Waals surface area contributed by atoms with Gasteiger partial charge in [-0.15, -0.1) is 0 Å². The molecule has 0 bridgehead atoms. The van der Waals surface area contributed by atoms with Crippen LogP contribution in [0.25, 0.3) is 21.5 Å². The molecule has 0 N–H and O–H groups in total. The Morgan fingerprint density at radius 2 is 1.82 bits per heavy atom. The van der Waals surface area contributed by atoms with E-state index < -0.39 is 0 Å². The molecule has 0 amide bonds. The van der Waals surface area contributed by atoms with Gasteiger partial charge in [-0.05, 0) is 12.1 Å². The van der Waals surface area contributed by atoms with Gasteiger partial charge in [0.2, 0.25) is 0 Å². The third-order valence-corrected chi connectivity index (χ3v) is 5.94. The van der Waals surface area contributed by atoms with Gasteiger partial charge in [0.15, 0.2) is 5.13 Å². The summed E-state index contributed by atoms with van der Waals surface area (Å²) in [5.41, 5.74) is 2.22. The number of fused-ring (bicyclic) bond motifs is 1. The van der Waals surface area contributed by atoms with Crippen molar-refractivity contribution in [1.82, 2.24) is 24.7 Å². The van der Waals surface area contributed by atoms with Gasteiger partial charge in [0.25, 0.3) is 0 Å². The van der Waals surface area contributed by atoms with Crippen LogP contribution in [0.4, 0.5) is 15.3 Å². The van der Waals surface area contributed by atoms with Crippen molar-refractivity contribution in [2.75, 3.05) is 36.0 Å². The highest BCUT2D eigenvalue weighted by Crippen LogP contribution is 2.31. The lowest BCUT2D eigenvalue weighted by molar-refractivity contribution is 0.634. The Balaban J connectivity index is 1.32. The van der Waals surface area contributed by atoms with E-state index in [1.807, 2.05) is 19.3 Å². The summed E-state index contributed by atoms with van der Waals surface area (Å²) >= 11 is 1.54. The van der Waals surface area contributed by atoms with E-state index in [1.165, 1.54) is 17.4 Å². The molecule has 0 unspecified atom stereocenters. The molecule has 28 heavy (non-hydrogen) atoms. The van der Waals surface area contributed by atoms with Crippen LogP contribution in [-0.4, -0.2) is 50.9 Å². The minimum atomic E-state index is -0.263. The summed E-state index contributed by atoms with van der Waals surface area (Å²) in [6.07, 6.45) is 7.27. The third-order valence-electron chi connectivity index (χ3n) is 4.86. The Labute approximate surface area is 165 Å². The number of benzene rings is 1. The lowest BCUT2D eigenvalue weighted by Gasteiger charge is -2.35. The number of hydrogen-bond acceptors (Lipinski definition) is 7. The zero-order valence-corrected chi connectivity index (χ0v) is 16.1. The highest BCUT2D eigenvalue weighted by atomic mass is 32.1. The summed E-state index contributed by atoms with van der Waals surface area (Å²) in [6.45, 7) is 3.23. The van der Waals surface area contributed by atoms with Crippen LogP contribution in [0.2, 0.25) is 0 Å². The number of para-hydroxylation sites is 1. The second kappa shape index (κ2) is 6.83. The number of anilines is 2. The summed E-state index contributed by atoms with van der Waals surface area (Å²) in [6, 6.07) is 5.10. The van der Waals surface area contributed by atoms with Gasteiger partial charge < -0.3 is 9.80 Å². The van der Waals surface area contributed by atoms with E-state index in [9.17, 15) is 4.39 Å². The van der Waals surface area contributed by atoms with Crippen LogP contribution in [0, 0.1) is 5.82 Å². The Hall–Kier alpha value is -3.07. The van der Waals surface area contributed by atoms with E-state index in [0.717, 1.165) is 53.1 Å². The Bertz CT molecular complexity index is 1130. The molecular formula is C19H18FN7S. The number of halogens is 1. The number of thiazole rings is 1. The predicted molar refractivity (Wildman–Crippen MR) is 108 cm³/mol. The molecule has 0 radical (unpaired) electrons. The molecule has 0 spiro atoms. The van der Waals surface area contributed by atoms with Gasteiger partial charge in [0, 0.05) is 45.0 Å². The zero-order chi connectivity index (χ0) is 19.1. The quantitative estimate of drug-likeness (QED) is 0.532. The van der Waals surface area contributed by atoms with Crippen molar-refractivity contribution in [3.8, 4) is 11.3 Å². The highest BCUT2D eigenvalue weighted by molar-refractivity contribution is 7.22. The summed E-state index contributed by atoms with van der Waals surface area (Å²) in [5.74, 6) is 0.595. The fraction of sp³-hybridized carbons (Fsp3) is 0.263. The van der Waals surface area contributed by atoms with Crippen LogP contribution in [0.1, 0.15) is 0 Å². The van der Waals surface area contributed by atoms with Gasteiger partial charge in [-0.1, -0.05) is 17.4 Å². The predicted octanol–water partition coefficient (Wildman–Crippen LogP) is 2.95. The Morgan fingerprint density at radius 1 is 1.00 bits per heavy atom. The van der Waals surface area contributed by atoms with E-state index >= 15 is 0 Å². The molecule has 0 aliphatic carbocycles. The van der Waals surface area contributed by atoms with Crippen LogP contribution in [0.3, 0.4) is 0 Å². The maximum atomic E-state index is 13.9. The van der Waals surface area contributed by atoms with E-state index in [-0.39, 0.29) is 5.82 Å². The molecule has 9 heteroatoms. The first kappa shape index (κ1) is 17.1. The second-order valence-electron chi connectivity index (χ2n) is 6.72. The molecular weight excluding hydrogens is 377 g/mol. The molecule has 142 valence electrons. The van der Waals surface area contributed by atoms with Crippen LogP contribution in [-0.2, 0) is 7.05 Å². The van der Waals surface area contributed by atoms with Crippen molar-refractivity contribution in [3.63, 3.8) is 0 Å². The number of aryl methyl sites for hydroxylation is 1. The van der Waals surface area contributed by atoms with Gasteiger partial charge in [-0.3, -0.25) is 9.67 Å². The van der Waals surface area contributed by atoms with Crippen molar-refractivity contribution in [2.24, 2.45) is 7.05 Å². The lowest BCUT2D eigenvalue weighted by atomic mass is 10.2.